The first-order valence-corrected chi connectivity index (χ1v) is 10.6. The molecule has 0 saturated carbocycles. The molecule has 1 amide bonds. The van der Waals surface area contributed by atoms with Gasteiger partial charge in [-0.05, 0) is 53.8 Å². The third-order valence-corrected chi connectivity index (χ3v) is 6.27. The molecule has 5 heteroatoms. The summed E-state index contributed by atoms with van der Waals surface area (Å²) in [6.45, 7) is 4.19. The first-order chi connectivity index (χ1) is 13.8. The number of halogens is 1. The molecular weight excluding hydrogens is 430 g/mol. The van der Waals surface area contributed by atoms with Gasteiger partial charge in [-0.3, -0.25) is 14.5 Å². The summed E-state index contributed by atoms with van der Waals surface area (Å²) in [5.41, 5.74) is 3.26. The van der Waals surface area contributed by atoms with Crippen LogP contribution in [0.3, 0.4) is 0 Å². The molecule has 1 aliphatic heterocycles. The lowest BCUT2D eigenvalue weighted by Crippen LogP contribution is -2.43. The third-order valence-electron chi connectivity index (χ3n) is 5.75. The van der Waals surface area contributed by atoms with E-state index in [0.717, 1.165) is 32.7 Å². The molecule has 150 valence electrons. The summed E-state index contributed by atoms with van der Waals surface area (Å²) in [4.78, 5) is 28.3. The highest BCUT2D eigenvalue weighted by Crippen LogP contribution is 2.48. The zero-order valence-electron chi connectivity index (χ0n) is 16.9. The summed E-state index contributed by atoms with van der Waals surface area (Å²) in [5, 5.41) is 0. The van der Waals surface area contributed by atoms with Gasteiger partial charge < -0.3 is 4.74 Å². The largest absolute Gasteiger partial charge is 0.497 e. The Labute approximate surface area is 179 Å². The van der Waals surface area contributed by atoms with Gasteiger partial charge in [0.15, 0.2) is 5.78 Å². The summed E-state index contributed by atoms with van der Waals surface area (Å²) in [6, 6.07) is 15.4. The number of anilines is 1. The number of carbonyl (C=O) groups excluding carboxylic acids is 2. The normalized spacial score (nSPS) is 21.2. The fraction of sp³-hybridized carbons (Fsp3) is 0.333. The van der Waals surface area contributed by atoms with E-state index in [0.29, 0.717) is 12.8 Å². The molecule has 0 bridgehead atoms. The highest BCUT2D eigenvalue weighted by Gasteiger charge is 2.44. The van der Waals surface area contributed by atoms with E-state index in [1.54, 1.807) is 12.0 Å². The standard InChI is InChI=1S/C24H24BrNO3/c1-24(2)13-20-23(21(27)14-24)19(15-4-10-18(29-3)11-5-15)12-22(28)26(20)17-8-6-16(25)7-9-17/h4-11,19H,12-14H2,1-3H3. The zero-order chi connectivity index (χ0) is 20.8. The SMILES string of the molecule is COc1ccc(C2CC(=O)N(c3ccc(Br)cc3)C3=C2C(=O)CC(C)(C)C3)cc1. The molecule has 0 radical (unpaired) electrons. The Kier molecular flexibility index (Phi) is 5.11. The van der Waals surface area contributed by atoms with Gasteiger partial charge in [0.1, 0.15) is 5.75 Å². The minimum atomic E-state index is -0.210. The number of nitrogens with zero attached hydrogens (tertiary/aromatic N) is 1. The van der Waals surface area contributed by atoms with Crippen molar-refractivity contribution in [3.8, 4) is 5.75 Å². The fourth-order valence-corrected chi connectivity index (χ4v) is 4.69. The van der Waals surface area contributed by atoms with E-state index < -0.39 is 0 Å². The fourth-order valence-electron chi connectivity index (χ4n) is 4.43. The summed E-state index contributed by atoms with van der Waals surface area (Å²) in [5.74, 6) is 0.723. The van der Waals surface area contributed by atoms with Crippen LogP contribution >= 0.6 is 15.9 Å². The van der Waals surface area contributed by atoms with Crippen LogP contribution in [0.1, 0.15) is 44.6 Å². The number of allylic oxidation sites excluding steroid dienone is 2. The van der Waals surface area contributed by atoms with Gasteiger partial charge in [0.25, 0.3) is 0 Å². The lowest BCUT2D eigenvalue weighted by atomic mass is 9.69. The number of amides is 1. The zero-order valence-corrected chi connectivity index (χ0v) is 18.5. The number of methoxy groups -OCH3 is 1. The minimum Gasteiger partial charge on any atom is -0.497 e. The maximum atomic E-state index is 13.3. The molecule has 0 saturated heterocycles. The Morgan fingerprint density at radius 2 is 1.66 bits per heavy atom. The van der Waals surface area contributed by atoms with Gasteiger partial charge in [0.05, 0.1) is 7.11 Å². The van der Waals surface area contributed by atoms with Crippen LogP contribution in [-0.2, 0) is 9.59 Å². The summed E-state index contributed by atoms with van der Waals surface area (Å²) in [7, 11) is 1.63. The number of ketones is 1. The van der Waals surface area contributed by atoms with E-state index in [9.17, 15) is 9.59 Å². The first kappa shape index (κ1) is 19.9. The second kappa shape index (κ2) is 7.45. The highest BCUT2D eigenvalue weighted by molar-refractivity contribution is 9.10. The van der Waals surface area contributed by atoms with Crippen LogP contribution < -0.4 is 9.64 Å². The van der Waals surface area contributed by atoms with Crippen LogP contribution in [0.4, 0.5) is 5.69 Å². The molecule has 4 rings (SSSR count). The Balaban J connectivity index is 1.85. The van der Waals surface area contributed by atoms with E-state index >= 15 is 0 Å². The lowest BCUT2D eigenvalue weighted by Gasteiger charge is -2.43. The van der Waals surface area contributed by atoms with Gasteiger partial charge in [-0.1, -0.05) is 41.9 Å². The van der Waals surface area contributed by atoms with Crippen LogP contribution in [0.5, 0.6) is 5.75 Å². The quantitative estimate of drug-likeness (QED) is 0.605. The summed E-state index contributed by atoms with van der Waals surface area (Å²) in [6.07, 6.45) is 1.48. The Morgan fingerprint density at radius 3 is 2.28 bits per heavy atom. The van der Waals surface area contributed by atoms with Gasteiger partial charge in [-0.15, -0.1) is 0 Å². The van der Waals surface area contributed by atoms with Crippen molar-refractivity contribution in [3.63, 3.8) is 0 Å². The molecule has 0 fully saturated rings. The van der Waals surface area contributed by atoms with E-state index in [1.807, 2.05) is 48.5 Å². The van der Waals surface area contributed by atoms with E-state index in [2.05, 4.69) is 29.8 Å². The van der Waals surface area contributed by atoms with Crippen LogP contribution in [0.15, 0.2) is 64.3 Å². The van der Waals surface area contributed by atoms with E-state index in [4.69, 9.17) is 4.74 Å². The molecule has 1 heterocycles. The molecular formula is C24H24BrNO3. The predicted molar refractivity (Wildman–Crippen MR) is 117 cm³/mol. The molecule has 29 heavy (non-hydrogen) atoms. The Bertz CT molecular complexity index is 990. The van der Waals surface area contributed by atoms with E-state index in [-0.39, 0.29) is 29.4 Å². The molecule has 2 aliphatic rings. The van der Waals surface area contributed by atoms with Gasteiger partial charge in [-0.25, -0.2) is 0 Å². The molecule has 4 nitrogen and oxygen atoms in total. The van der Waals surface area contributed by atoms with Crippen molar-refractivity contribution in [3.05, 3.63) is 69.8 Å². The first-order valence-electron chi connectivity index (χ1n) is 9.78. The second-order valence-corrected chi connectivity index (χ2v) is 9.45. The average Bonchev–Trinajstić information content (AvgIpc) is 2.67. The van der Waals surface area contributed by atoms with Crippen molar-refractivity contribution >= 4 is 33.3 Å². The van der Waals surface area contributed by atoms with E-state index in [1.165, 1.54) is 0 Å². The topological polar surface area (TPSA) is 46.6 Å². The second-order valence-electron chi connectivity index (χ2n) is 8.54. The predicted octanol–water partition coefficient (Wildman–Crippen LogP) is 5.62. The van der Waals surface area contributed by atoms with Gasteiger partial charge in [-0.2, -0.15) is 0 Å². The number of ether oxygens (including phenoxy) is 1. The number of hydrogen-bond donors (Lipinski definition) is 0. The number of rotatable bonds is 3. The van der Waals surface area contributed by atoms with Crippen molar-refractivity contribution in [2.75, 3.05) is 12.0 Å². The Morgan fingerprint density at radius 1 is 1.00 bits per heavy atom. The van der Waals surface area contributed by atoms with Crippen LogP contribution in [-0.4, -0.2) is 18.8 Å². The van der Waals surface area contributed by atoms with Gasteiger partial charge in [0, 0.05) is 40.2 Å². The smallest absolute Gasteiger partial charge is 0.232 e. The molecule has 2 aromatic rings. The molecule has 0 aromatic heterocycles. The molecule has 0 spiro atoms. The highest BCUT2D eigenvalue weighted by atomic mass is 79.9. The Hall–Kier alpha value is -2.40. The summed E-state index contributed by atoms with van der Waals surface area (Å²) >= 11 is 3.45. The van der Waals surface area contributed by atoms with Crippen LogP contribution in [0.25, 0.3) is 0 Å². The maximum absolute atomic E-state index is 13.3. The molecule has 0 N–H and O–H groups in total. The lowest BCUT2D eigenvalue weighted by molar-refractivity contribution is -0.121. The van der Waals surface area contributed by atoms with Gasteiger partial charge in [0.2, 0.25) is 5.91 Å². The van der Waals surface area contributed by atoms with Crippen molar-refractivity contribution in [2.45, 2.75) is 39.0 Å². The summed E-state index contributed by atoms with van der Waals surface area (Å²) < 4.78 is 6.21. The third kappa shape index (κ3) is 3.76. The number of hydrogen-bond acceptors (Lipinski definition) is 3. The van der Waals surface area contributed by atoms with Crippen LogP contribution in [0, 0.1) is 5.41 Å². The monoisotopic (exact) mass is 453 g/mol. The molecule has 1 atom stereocenters. The molecule has 2 aromatic carbocycles. The van der Waals surface area contributed by atoms with Crippen molar-refractivity contribution in [1.29, 1.82) is 0 Å². The number of Topliss-reactive ketones (excluding diaryl/α,β-unsaturated/α-hetero) is 1. The van der Waals surface area contributed by atoms with Crippen LogP contribution in [0.2, 0.25) is 0 Å². The minimum absolute atomic E-state index is 0.0254. The average molecular weight is 454 g/mol. The maximum Gasteiger partial charge on any atom is 0.232 e. The van der Waals surface area contributed by atoms with Crippen molar-refractivity contribution in [2.24, 2.45) is 5.41 Å². The molecule has 1 aliphatic carbocycles. The van der Waals surface area contributed by atoms with Crippen molar-refractivity contribution in [1.82, 2.24) is 0 Å². The van der Waals surface area contributed by atoms with Crippen molar-refractivity contribution < 1.29 is 14.3 Å². The van der Waals surface area contributed by atoms with Gasteiger partial charge >= 0.3 is 0 Å². The number of benzene rings is 2. The molecule has 1 unspecified atom stereocenters. The number of carbonyl (C=O) groups is 2.